The first-order valence-electron chi connectivity index (χ1n) is 6.19. The molecule has 2 heterocycles. The fraction of sp³-hybridized carbons (Fsp3) is 0.133. The molecule has 0 spiro atoms. The van der Waals surface area contributed by atoms with E-state index in [0.717, 1.165) is 5.56 Å². The number of hydrogen-bond acceptors (Lipinski definition) is 4. The van der Waals surface area contributed by atoms with Gasteiger partial charge in [0.05, 0.1) is 16.8 Å². The molecule has 3 rings (SSSR count). The Balaban J connectivity index is 1.94. The Morgan fingerprint density at radius 2 is 1.90 bits per heavy atom. The summed E-state index contributed by atoms with van der Waals surface area (Å²) in [6.07, 6.45) is 1.40. The number of hydrogen-bond donors (Lipinski definition) is 1. The number of fused-ring (bicyclic) bond motifs is 1. The van der Waals surface area contributed by atoms with Gasteiger partial charge in [0.1, 0.15) is 6.61 Å². The van der Waals surface area contributed by atoms with Crippen molar-refractivity contribution in [3.8, 4) is 5.75 Å². The number of carbonyl (C=O) groups is 2. The van der Waals surface area contributed by atoms with Crippen molar-refractivity contribution in [3.63, 3.8) is 0 Å². The fourth-order valence-electron chi connectivity index (χ4n) is 2.12. The van der Waals surface area contributed by atoms with Crippen LogP contribution in [0.15, 0.2) is 36.5 Å². The second-order valence-electron chi connectivity index (χ2n) is 4.52. The molecule has 2 amide bonds. The third-order valence-electron chi connectivity index (χ3n) is 3.14. The van der Waals surface area contributed by atoms with E-state index in [0.29, 0.717) is 18.1 Å². The standard InChI is InChI=1S/C15H12N2O3/c1-9-13(20-8-10-5-3-2-4-6-10)12-11(7-16-9)14(18)17-15(12)19/h2-7H,8H2,1H3,(H,17,18,19). The Morgan fingerprint density at radius 3 is 2.65 bits per heavy atom. The topological polar surface area (TPSA) is 68.3 Å². The van der Waals surface area contributed by atoms with Crippen molar-refractivity contribution < 1.29 is 14.3 Å². The molecule has 5 heteroatoms. The maximum Gasteiger partial charge on any atom is 0.262 e. The van der Waals surface area contributed by atoms with Gasteiger partial charge >= 0.3 is 0 Å². The molecule has 100 valence electrons. The molecule has 1 N–H and O–H groups in total. The molecule has 1 aromatic heterocycles. The van der Waals surface area contributed by atoms with Crippen molar-refractivity contribution in [1.29, 1.82) is 0 Å². The highest BCUT2D eigenvalue weighted by Gasteiger charge is 2.32. The van der Waals surface area contributed by atoms with Crippen molar-refractivity contribution >= 4 is 11.8 Å². The predicted octanol–water partition coefficient (Wildman–Crippen LogP) is 1.85. The second kappa shape index (κ2) is 4.77. The van der Waals surface area contributed by atoms with Crippen molar-refractivity contribution in [2.75, 3.05) is 0 Å². The van der Waals surface area contributed by atoms with E-state index in [2.05, 4.69) is 10.3 Å². The zero-order valence-corrected chi connectivity index (χ0v) is 10.8. The van der Waals surface area contributed by atoms with Crippen LogP contribution in [0.25, 0.3) is 0 Å². The van der Waals surface area contributed by atoms with Gasteiger partial charge in [-0.1, -0.05) is 30.3 Å². The summed E-state index contributed by atoms with van der Waals surface area (Å²) in [5, 5.41) is 2.25. The fourth-order valence-corrected chi connectivity index (χ4v) is 2.12. The van der Waals surface area contributed by atoms with Crippen LogP contribution in [0.5, 0.6) is 5.75 Å². The zero-order valence-electron chi connectivity index (χ0n) is 10.8. The number of amides is 2. The predicted molar refractivity (Wildman–Crippen MR) is 71.5 cm³/mol. The number of aromatic nitrogens is 1. The van der Waals surface area contributed by atoms with Crippen LogP contribution >= 0.6 is 0 Å². The van der Waals surface area contributed by atoms with Gasteiger partial charge in [-0.3, -0.25) is 19.9 Å². The molecule has 0 fully saturated rings. The number of imide groups is 1. The zero-order chi connectivity index (χ0) is 14.1. The van der Waals surface area contributed by atoms with Crippen LogP contribution in [0.4, 0.5) is 0 Å². The lowest BCUT2D eigenvalue weighted by Crippen LogP contribution is -2.20. The van der Waals surface area contributed by atoms with E-state index in [1.54, 1.807) is 6.92 Å². The van der Waals surface area contributed by atoms with E-state index in [4.69, 9.17) is 4.74 Å². The molecule has 1 aromatic carbocycles. The molecule has 0 atom stereocenters. The summed E-state index contributed by atoms with van der Waals surface area (Å²) in [7, 11) is 0. The van der Waals surface area contributed by atoms with Crippen molar-refractivity contribution in [3.05, 3.63) is 58.9 Å². The van der Waals surface area contributed by atoms with E-state index in [1.807, 2.05) is 30.3 Å². The maximum absolute atomic E-state index is 11.8. The maximum atomic E-state index is 11.8. The first-order chi connectivity index (χ1) is 9.66. The number of nitrogens with one attached hydrogen (secondary N) is 1. The number of aryl methyl sites for hydroxylation is 1. The van der Waals surface area contributed by atoms with E-state index < -0.39 is 11.8 Å². The Hall–Kier alpha value is -2.69. The van der Waals surface area contributed by atoms with Gasteiger partial charge in [0, 0.05) is 6.20 Å². The minimum Gasteiger partial charge on any atom is -0.486 e. The number of pyridine rings is 1. The van der Waals surface area contributed by atoms with Gasteiger partial charge in [-0.15, -0.1) is 0 Å². The lowest BCUT2D eigenvalue weighted by molar-refractivity contribution is 0.0878. The lowest BCUT2D eigenvalue weighted by Gasteiger charge is -2.11. The van der Waals surface area contributed by atoms with Crippen molar-refractivity contribution in [2.24, 2.45) is 0 Å². The Bertz CT molecular complexity index is 696. The van der Waals surface area contributed by atoms with E-state index in [-0.39, 0.29) is 11.1 Å². The molecule has 1 aliphatic heterocycles. The molecule has 0 saturated heterocycles. The Kier molecular flexibility index (Phi) is 2.95. The number of nitrogens with zero attached hydrogens (tertiary/aromatic N) is 1. The molecule has 0 radical (unpaired) electrons. The number of carbonyl (C=O) groups excluding carboxylic acids is 2. The van der Waals surface area contributed by atoms with Gasteiger partial charge in [0.2, 0.25) is 0 Å². The smallest absolute Gasteiger partial charge is 0.262 e. The van der Waals surface area contributed by atoms with Gasteiger partial charge in [-0.25, -0.2) is 0 Å². The Labute approximate surface area is 115 Å². The second-order valence-corrected chi connectivity index (χ2v) is 4.52. The lowest BCUT2D eigenvalue weighted by atomic mass is 10.1. The molecule has 5 nitrogen and oxygen atoms in total. The SMILES string of the molecule is Cc1ncc2c(c1OCc1ccccc1)C(=O)NC2=O. The monoisotopic (exact) mass is 268 g/mol. The number of rotatable bonds is 3. The molecular formula is C15H12N2O3. The Morgan fingerprint density at radius 1 is 1.15 bits per heavy atom. The summed E-state index contributed by atoms with van der Waals surface area (Å²) < 4.78 is 5.71. The summed E-state index contributed by atoms with van der Waals surface area (Å²) in [5.41, 5.74) is 2.11. The normalized spacial score (nSPS) is 13.1. The van der Waals surface area contributed by atoms with E-state index in [1.165, 1.54) is 6.20 Å². The minimum atomic E-state index is -0.432. The van der Waals surface area contributed by atoms with Gasteiger partial charge in [-0.05, 0) is 12.5 Å². The van der Waals surface area contributed by atoms with Gasteiger partial charge < -0.3 is 4.74 Å². The van der Waals surface area contributed by atoms with Gasteiger partial charge in [0.25, 0.3) is 11.8 Å². The van der Waals surface area contributed by atoms with Crippen molar-refractivity contribution in [2.45, 2.75) is 13.5 Å². The average Bonchev–Trinajstić information content (AvgIpc) is 2.74. The molecule has 1 aliphatic rings. The highest BCUT2D eigenvalue weighted by Crippen LogP contribution is 2.29. The van der Waals surface area contributed by atoms with Crippen LogP contribution in [0, 0.1) is 6.92 Å². The quantitative estimate of drug-likeness (QED) is 0.863. The summed E-state index contributed by atoms with van der Waals surface area (Å²) in [6.45, 7) is 2.07. The van der Waals surface area contributed by atoms with Gasteiger partial charge in [0.15, 0.2) is 5.75 Å². The summed E-state index contributed by atoms with van der Waals surface area (Å²) in [5.74, 6) is -0.490. The van der Waals surface area contributed by atoms with Crippen LogP contribution in [-0.2, 0) is 6.61 Å². The third-order valence-corrected chi connectivity index (χ3v) is 3.14. The highest BCUT2D eigenvalue weighted by molar-refractivity contribution is 6.22. The highest BCUT2D eigenvalue weighted by atomic mass is 16.5. The van der Waals surface area contributed by atoms with Crippen LogP contribution in [0.2, 0.25) is 0 Å². The van der Waals surface area contributed by atoms with Crippen molar-refractivity contribution in [1.82, 2.24) is 10.3 Å². The number of ether oxygens (including phenoxy) is 1. The largest absolute Gasteiger partial charge is 0.486 e. The van der Waals surface area contributed by atoms with Crippen LogP contribution in [0.3, 0.4) is 0 Å². The van der Waals surface area contributed by atoms with Crippen LogP contribution < -0.4 is 10.1 Å². The summed E-state index contributed by atoms with van der Waals surface area (Å²) >= 11 is 0. The van der Waals surface area contributed by atoms with Gasteiger partial charge in [-0.2, -0.15) is 0 Å². The van der Waals surface area contributed by atoms with E-state index >= 15 is 0 Å². The first-order valence-corrected chi connectivity index (χ1v) is 6.19. The molecule has 0 saturated carbocycles. The average molecular weight is 268 g/mol. The minimum absolute atomic E-state index is 0.267. The summed E-state index contributed by atoms with van der Waals surface area (Å²) in [4.78, 5) is 27.5. The van der Waals surface area contributed by atoms with Crippen LogP contribution in [-0.4, -0.2) is 16.8 Å². The van der Waals surface area contributed by atoms with E-state index in [9.17, 15) is 9.59 Å². The molecule has 0 bridgehead atoms. The molecule has 20 heavy (non-hydrogen) atoms. The van der Waals surface area contributed by atoms with Crippen LogP contribution in [0.1, 0.15) is 32.0 Å². The molecule has 2 aromatic rings. The third kappa shape index (κ3) is 2.03. The molecule has 0 aliphatic carbocycles. The summed E-state index contributed by atoms with van der Waals surface area (Å²) in [6, 6.07) is 9.60. The molecule has 0 unspecified atom stereocenters. The first kappa shape index (κ1) is 12.3. The molecular weight excluding hydrogens is 256 g/mol. The number of benzene rings is 1.